The molecule has 0 aliphatic heterocycles. The van der Waals surface area contributed by atoms with Gasteiger partial charge >= 0.3 is 5.97 Å². The zero-order valence-electron chi connectivity index (χ0n) is 15.0. The summed E-state index contributed by atoms with van der Waals surface area (Å²) in [5, 5.41) is 2.67. The summed E-state index contributed by atoms with van der Waals surface area (Å²) in [6.07, 6.45) is -0.329. The lowest BCUT2D eigenvalue weighted by atomic mass is 9.96. The lowest BCUT2D eigenvalue weighted by molar-refractivity contribution is -0.144. The van der Waals surface area contributed by atoms with E-state index in [2.05, 4.69) is 10.1 Å². The van der Waals surface area contributed by atoms with Gasteiger partial charge in [-0.1, -0.05) is 36.0 Å². The molecule has 0 heterocycles. The summed E-state index contributed by atoms with van der Waals surface area (Å²) in [4.78, 5) is 35.3. The van der Waals surface area contributed by atoms with Gasteiger partial charge in [0.15, 0.2) is 5.12 Å². The van der Waals surface area contributed by atoms with Crippen molar-refractivity contribution in [1.82, 2.24) is 5.32 Å². The Morgan fingerprint density at radius 2 is 1.88 bits per heavy atom. The summed E-state index contributed by atoms with van der Waals surface area (Å²) >= 11 is 1.11. The SMILES string of the molecule is COC(=O)C[C@@H](NC(=O)[C@@H](CSC(C)=O)Cc1ccccc1C)OC. The first-order valence-corrected chi connectivity index (χ1v) is 8.93. The first-order chi connectivity index (χ1) is 11.9. The summed E-state index contributed by atoms with van der Waals surface area (Å²) in [5.41, 5.74) is 2.14. The van der Waals surface area contributed by atoms with Crippen molar-refractivity contribution in [3.05, 3.63) is 35.4 Å². The number of hydrogen-bond donors (Lipinski definition) is 1. The van der Waals surface area contributed by atoms with Gasteiger partial charge in [-0.25, -0.2) is 0 Å². The lowest BCUT2D eigenvalue weighted by Gasteiger charge is -2.21. The number of aryl methyl sites for hydroxylation is 1. The molecule has 0 radical (unpaired) electrons. The number of amides is 1. The molecule has 25 heavy (non-hydrogen) atoms. The van der Waals surface area contributed by atoms with E-state index in [1.165, 1.54) is 21.1 Å². The van der Waals surface area contributed by atoms with Gasteiger partial charge in [-0.05, 0) is 24.5 Å². The number of ether oxygens (including phenoxy) is 2. The van der Waals surface area contributed by atoms with Crippen LogP contribution in [0.3, 0.4) is 0 Å². The maximum Gasteiger partial charge on any atom is 0.310 e. The fourth-order valence-corrected chi connectivity index (χ4v) is 2.96. The largest absolute Gasteiger partial charge is 0.469 e. The molecule has 0 aromatic heterocycles. The molecule has 0 aliphatic rings. The average Bonchev–Trinajstić information content (AvgIpc) is 2.58. The van der Waals surface area contributed by atoms with Crippen LogP contribution in [0.5, 0.6) is 0 Å². The van der Waals surface area contributed by atoms with Gasteiger partial charge in [-0.3, -0.25) is 14.4 Å². The van der Waals surface area contributed by atoms with Gasteiger partial charge < -0.3 is 14.8 Å². The number of carbonyl (C=O) groups is 3. The van der Waals surface area contributed by atoms with Crippen LogP contribution >= 0.6 is 11.8 Å². The topological polar surface area (TPSA) is 81.7 Å². The molecule has 0 saturated carbocycles. The minimum absolute atomic E-state index is 0.0413. The van der Waals surface area contributed by atoms with Gasteiger partial charge in [0.05, 0.1) is 19.4 Å². The first kappa shape index (κ1) is 21.2. The molecule has 1 amide bonds. The Hall–Kier alpha value is -1.86. The number of nitrogens with one attached hydrogen (secondary N) is 1. The maximum atomic E-state index is 12.6. The summed E-state index contributed by atoms with van der Waals surface area (Å²) in [7, 11) is 2.69. The van der Waals surface area contributed by atoms with Gasteiger partial charge in [-0.15, -0.1) is 0 Å². The Balaban J connectivity index is 2.82. The number of methoxy groups -OCH3 is 2. The van der Waals surface area contributed by atoms with Crippen LogP contribution in [0.2, 0.25) is 0 Å². The van der Waals surface area contributed by atoms with Gasteiger partial charge in [-0.2, -0.15) is 0 Å². The van der Waals surface area contributed by atoms with Crippen molar-refractivity contribution in [2.24, 2.45) is 5.92 Å². The summed E-state index contributed by atoms with van der Waals surface area (Å²) in [5.74, 6) is -0.775. The second-order valence-corrected chi connectivity index (χ2v) is 6.84. The Morgan fingerprint density at radius 3 is 2.44 bits per heavy atom. The molecule has 0 fully saturated rings. The number of hydrogen-bond acceptors (Lipinski definition) is 6. The molecular formula is C18H25NO5S. The zero-order valence-corrected chi connectivity index (χ0v) is 15.9. The molecule has 6 nitrogen and oxygen atoms in total. The molecule has 138 valence electrons. The molecule has 0 spiro atoms. The highest BCUT2D eigenvalue weighted by Crippen LogP contribution is 2.18. The molecule has 0 bridgehead atoms. The van der Waals surface area contributed by atoms with E-state index in [9.17, 15) is 14.4 Å². The number of thioether (sulfide) groups is 1. The highest BCUT2D eigenvalue weighted by Gasteiger charge is 2.24. The average molecular weight is 367 g/mol. The Labute approximate surface area is 152 Å². The van der Waals surface area contributed by atoms with E-state index in [0.29, 0.717) is 12.2 Å². The molecule has 7 heteroatoms. The number of esters is 1. The standard InChI is InChI=1S/C18H25NO5S/c1-12-7-5-6-8-14(12)9-15(11-25-13(2)20)18(22)19-16(23-3)10-17(21)24-4/h5-8,15-16H,9-11H2,1-4H3,(H,19,22)/t15-,16+/m1/s1. The molecule has 0 aliphatic carbocycles. The highest BCUT2D eigenvalue weighted by molar-refractivity contribution is 8.13. The van der Waals surface area contributed by atoms with E-state index in [1.54, 1.807) is 0 Å². The lowest BCUT2D eigenvalue weighted by Crippen LogP contribution is -2.42. The van der Waals surface area contributed by atoms with E-state index in [4.69, 9.17) is 4.74 Å². The second-order valence-electron chi connectivity index (χ2n) is 5.64. The van der Waals surface area contributed by atoms with Crippen LogP contribution in [0.1, 0.15) is 24.5 Å². The highest BCUT2D eigenvalue weighted by atomic mass is 32.2. The van der Waals surface area contributed by atoms with Crippen LogP contribution in [0.4, 0.5) is 0 Å². The predicted molar refractivity (Wildman–Crippen MR) is 97.1 cm³/mol. The smallest absolute Gasteiger partial charge is 0.310 e. The van der Waals surface area contributed by atoms with Crippen molar-refractivity contribution in [2.45, 2.75) is 32.9 Å². The zero-order chi connectivity index (χ0) is 18.8. The van der Waals surface area contributed by atoms with E-state index in [0.717, 1.165) is 22.9 Å². The molecule has 0 saturated heterocycles. The Morgan fingerprint density at radius 1 is 1.20 bits per heavy atom. The van der Waals surface area contributed by atoms with Gasteiger partial charge in [0.25, 0.3) is 0 Å². The summed E-state index contributed by atoms with van der Waals surface area (Å²) < 4.78 is 9.73. The van der Waals surface area contributed by atoms with Crippen LogP contribution in [0, 0.1) is 12.8 Å². The van der Waals surface area contributed by atoms with Crippen LogP contribution < -0.4 is 5.32 Å². The molecule has 0 unspecified atom stereocenters. The van der Waals surface area contributed by atoms with Gasteiger partial charge in [0, 0.05) is 19.8 Å². The number of carbonyl (C=O) groups excluding carboxylic acids is 3. The van der Waals surface area contributed by atoms with E-state index < -0.39 is 18.1 Å². The molecule has 1 rings (SSSR count). The fourth-order valence-electron chi connectivity index (χ4n) is 2.25. The van der Waals surface area contributed by atoms with Crippen molar-refractivity contribution in [3.63, 3.8) is 0 Å². The number of rotatable bonds is 9. The fraction of sp³-hybridized carbons (Fsp3) is 0.500. The van der Waals surface area contributed by atoms with E-state index in [-0.39, 0.29) is 17.4 Å². The van der Waals surface area contributed by atoms with Crippen LogP contribution in [-0.2, 0) is 30.3 Å². The summed E-state index contributed by atoms with van der Waals surface area (Å²) in [6, 6.07) is 7.81. The van der Waals surface area contributed by atoms with Gasteiger partial charge in [0.2, 0.25) is 5.91 Å². The minimum Gasteiger partial charge on any atom is -0.469 e. The van der Waals surface area contributed by atoms with E-state index >= 15 is 0 Å². The van der Waals surface area contributed by atoms with Crippen molar-refractivity contribution in [3.8, 4) is 0 Å². The normalized spacial score (nSPS) is 13.0. The Kier molecular flexibility index (Phi) is 9.23. The molecule has 1 N–H and O–H groups in total. The van der Waals surface area contributed by atoms with E-state index in [1.807, 2.05) is 31.2 Å². The third-order valence-electron chi connectivity index (χ3n) is 3.75. The predicted octanol–water partition coefficient (Wildman–Crippen LogP) is 2.09. The van der Waals surface area contributed by atoms with Crippen LogP contribution in [0.15, 0.2) is 24.3 Å². The van der Waals surface area contributed by atoms with Gasteiger partial charge in [0.1, 0.15) is 6.23 Å². The molecule has 1 aromatic rings. The van der Waals surface area contributed by atoms with Crippen molar-refractivity contribution >= 4 is 28.8 Å². The maximum absolute atomic E-state index is 12.6. The quantitative estimate of drug-likeness (QED) is 0.532. The third-order valence-corrected chi connectivity index (χ3v) is 4.73. The summed E-state index contributed by atoms with van der Waals surface area (Å²) in [6.45, 7) is 3.46. The second kappa shape index (κ2) is 10.9. The van der Waals surface area contributed by atoms with Crippen molar-refractivity contribution < 1.29 is 23.9 Å². The molecule has 2 atom stereocenters. The van der Waals surface area contributed by atoms with Crippen LogP contribution in [-0.4, -0.2) is 43.2 Å². The van der Waals surface area contributed by atoms with Crippen molar-refractivity contribution in [2.75, 3.05) is 20.0 Å². The molecular weight excluding hydrogens is 342 g/mol. The minimum atomic E-state index is -0.762. The van der Waals surface area contributed by atoms with Crippen molar-refractivity contribution in [1.29, 1.82) is 0 Å². The first-order valence-electron chi connectivity index (χ1n) is 7.95. The Bertz CT molecular complexity index is 605. The molecule has 1 aromatic carbocycles. The number of benzene rings is 1. The van der Waals surface area contributed by atoms with Crippen LogP contribution in [0.25, 0.3) is 0 Å². The monoisotopic (exact) mass is 367 g/mol. The third kappa shape index (κ3) is 7.70.